The van der Waals surface area contributed by atoms with Crippen LogP contribution in [-0.2, 0) is 11.2 Å². The Morgan fingerprint density at radius 3 is 3.07 bits per heavy atom. The van der Waals surface area contributed by atoms with E-state index in [1.54, 1.807) is 0 Å². The highest BCUT2D eigenvalue weighted by molar-refractivity contribution is 5.24. The number of rotatable bonds is 3. The third kappa shape index (κ3) is 1.67. The van der Waals surface area contributed by atoms with Gasteiger partial charge in [0.05, 0.1) is 5.69 Å². The summed E-state index contributed by atoms with van der Waals surface area (Å²) in [6.45, 7) is 3.40. The molecule has 1 aromatic heterocycles. The van der Waals surface area contributed by atoms with Crippen LogP contribution in [-0.4, -0.2) is 18.3 Å². The Hall–Kier alpha value is -0.870. The van der Waals surface area contributed by atoms with Crippen molar-refractivity contribution in [3.63, 3.8) is 0 Å². The lowest BCUT2D eigenvalue weighted by molar-refractivity contribution is 0.0869. The van der Waals surface area contributed by atoms with Crippen LogP contribution in [0.15, 0.2) is 4.52 Å². The van der Waals surface area contributed by atoms with Gasteiger partial charge in [0, 0.05) is 12.2 Å². The summed E-state index contributed by atoms with van der Waals surface area (Å²) in [5.74, 6) is 0.894. The highest BCUT2D eigenvalue weighted by atomic mass is 16.5. The summed E-state index contributed by atoms with van der Waals surface area (Å²) in [5.41, 5.74) is 7.63. The average Bonchev–Trinajstić information content (AvgIpc) is 2.77. The molecule has 4 heteroatoms. The lowest BCUT2D eigenvalue weighted by atomic mass is 10.1. The van der Waals surface area contributed by atoms with E-state index in [9.17, 15) is 0 Å². The molecule has 1 aliphatic rings. The van der Waals surface area contributed by atoms with Crippen molar-refractivity contribution in [3.8, 4) is 0 Å². The first-order valence-corrected chi connectivity index (χ1v) is 5.09. The summed E-state index contributed by atoms with van der Waals surface area (Å²) < 4.78 is 10.9. The molecule has 1 aliphatic heterocycles. The SMILES string of the molecule is Cc1noc(C2CCCO2)c1CCN. The fourth-order valence-electron chi connectivity index (χ4n) is 1.89. The first kappa shape index (κ1) is 9.68. The molecule has 1 unspecified atom stereocenters. The topological polar surface area (TPSA) is 61.3 Å². The summed E-state index contributed by atoms with van der Waals surface area (Å²) in [6, 6.07) is 0. The van der Waals surface area contributed by atoms with E-state index in [1.165, 1.54) is 0 Å². The Labute approximate surface area is 83.4 Å². The third-order valence-corrected chi connectivity index (χ3v) is 2.63. The zero-order chi connectivity index (χ0) is 9.97. The van der Waals surface area contributed by atoms with Crippen molar-refractivity contribution in [2.24, 2.45) is 5.73 Å². The molecule has 1 saturated heterocycles. The summed E-state index contributed by atoms with van der Waals surface area (Å²) in [6.07, 6.45) is 3.07. The monoisotopic (exact) mass is 196 g/mol. The normalized spacial score (nSPS) is 21.7. The maximum absolute atomic E-state index is 5.56. The molecule has 2 N–H and O–H groups in total. The van der Waals surface area contributed by atoms with Crippen LogP contribution < -0.4 is 5.73 Å². The number of ether oxygens (including phenoxy) is 1. The number of nitrogens with zero attached hydrogens (tertiary/aromatic N) is 1. The molecule has 4 nitrogen and oxygen atoms in total. The van der Waals surface area contributed by atoms with Gasteiger partial charge in [-0.15, -0.1) is 0 Å². The molecule has 1 fully saturated rings. The van der Waals surface area contributed by atoms with Crippen molar-refractivity contribution >= 4 is 0 Å². The first-order chi connectivity index (χ1) is 6.83. The van der Waals surface area contributed by atoms with Crippen LogP contribution in [0, 0.1) is 6.92 Å². The van der Waals surface area contributed by atoms with Crippen LogP contribution in [0.2, 0.25) is 0 Å². The molecule has 0 amide bonds. The van der Waals surface area contributed by atoms with Crippen LogP contribution in [0.4, 0.5) is 0 Å². The maximum atomic E-state index is 5.56. The van der Waals surface area contributed by atoms with Crippen LogP contribution in [0.1, 0.15) is 36.0 Å². The molecule has 0 spiro atoms. The van der Waals surface area contributed by atoms with Crippen molar-refractivity contribution < 1.29 is 9.26 Å². The highest BCUT2D eigenvalue weighted by Crippen LogP contribution is 2.32. The van der Waals surface area contributed by atoms with Gasteiger partial charge >= 0.3 is 0 Å². The van der Waals surface area contributed by atoms with Gasteiger partial charge in [-0.25, -0.2) is 0 Å². The van der Waals surface area contributed by atoms with Crippen molar-refractivity contribution in [3.05, 3.63) is 17.0 Å². The second-order valence-electron chi connectivity index (χ2n) is 3.65. The average molecular weight is 196 g/mol. The molecular weight excluding hydrogens is 180 g/mol. The van der Waals surface area contributed by atoms with Crippen molar-refractivity contribution in [2.45, 2.75) is 32.3 Å². The summed E-state index contributed by atoms with van der Waals surface area (Å²) in [7, 11) is 0. The molecule has 0 aliphatic carbocycles. The Morgan fingerprint density at radius 1 is 1.57 bits per heavy atom. The quantitative estimate of drug-likeness (QED) is 0.792. The minimum Gasteiger partial charge on any atom is -0.370 e. The minimum atomic E-state index is 0.109. The van der Waals surface area contributed by atoms with Gasteiger partial charge in [-0.2, -0.15) is 0 Å². The van der Waals surface area contributed by atoms with E-state index in [4.69, 9.17) is 15.0 Å². The van der Waals surface area contributed by atoms with Crippen LogP contribution in [0.5, 0.6) is 0 Å². The fourth-order valence-corrected chi connectivity index (χ4v) is 1.89. The van der Waals surface area contributed by atoms with Crippen molar-refractivity contribution in [1.82, 2.24) is 5.16 Å². The Balaban J connectivity index is 2.22. The molecule has 2 heterocycles. The van der Waals surface area contributed by atoms with Crippen molar-refractivity contribution in [1.29, 1.82) is 0 Å². The van der Waals surface area contributed by atoms with Gasteiger partial charge in [0.2, 0.25) is 0 Å². The maximum Gasteiger partial charge on any atom is 0.168 e. The second-order valence-corrected chi connectivity index (χ2v) is 3.65. The molecule has 2 rings (SSSR count). The van der Waals surface area contributed by atoms with Gasteiger partial charge < -0.3 is 15.0 Å². The first-order valence-electron chi connectivity index (χ1n) is 5.09. The Bertz CT molecular complexity index is 303. The number of nitrogens with two attached hydrogens (primary N) is 1. The Kier molecular flexibility index (Phi) is 2.84. The molecule has 0 aromatic carbocycles. The van der Waals surface area contributed by atoms with Gasteiger partial charge in [0.1, 0.15) is 6.10 Å². The fraction of sp³-hybridized carbons (Fsp3) is 0.700. The number of hydrogen-bond donors (Lipinski definition) is 1. The number of hydrogen-bond acceptors (Lipinski definition) is 4. The van der Waals surface area contributed by atoms with E-state index >= 15 is 0 Å². The predicted molar refractivity (Wildman–Crippen MR) is 51.9 cm³/mol. The largest absolute Gasteiger partial charge is 0.370 e. The number of aromatic nitrogens is 1. The molecule has 1 aromatic rings. The van der Waals surface area contributed by atoms with E-state index in [1.807, 2.05) is 6.92 Å². The summed E-state index contributed by atoms with van der Waals surface area (Å²) >= 11 is 0. The molecule has 1 atom stereocenters. The van der Waals surface area contributed by atoms with E-state index in [0.29, 0.717) is 6.54 Å². The highest BCUT2D eigenvalue weighted by Gasteiger charge is 2.25. The molecule has 0 radical (unpaired) electrons. The van der Waals surface area contributed by atoms with E-state index in [-0.39, 0.29) is 6.10 Å². The minimum absolute atomic E-state index is 0.109. The molecule has 0 saturated carbocycles. The van der Waals surface area contributed by atoms with Gasteiger partial charge in [0.15, 0.2) is 5.76 Å². The summed E-state index contributed by atoms with van der Waals surface area (Å²) in [5, 5.41) is 3.97. The van der Waals surface area contributed by atoms with Gasteiger partial charge in [0.25, 0.3) is 0 Å². The number of aryl methyl sites for hydroxylation is 1. The lowest BCUT2D eigenvalue weighted by Gasteiger charge is -2.07. The Morgan fingerprint density at radius 2 is 2.43 bits per heavy atom. The lowest BCUT2D eigenvalue weighted by Crippen LogP contribution is -2.07. The zero-order valence-electron chi connectivity index (χ0n) is 8.45. The van der Waals surface area contributed by atoms with Crippen molar-refractivity contribution in [2.75, 3.05) is 13.2 Å². The van der Waals surface area contributed by atoms with Crippen LogP contribution in [0.25, 0.3) is 0 Å². The standard InChI is InChI=1S/C10H16N2O2/c1-7-8(4-5-11)10(14-12-7)9-3-2-6-13-9/h9H,2-6,11H2,1H3. The zero-order valence-corrected chi connectivity index (χ0v) is 8.45. The predicted octanol–water partition coefficient (Wildman–Crippen LogP) is 1.34. The second kappa shape index (κ2) is 4.11. The van der Waals surface area contributed by atoms with Gasteiger partial charge in [-0.3, -0.25) is 0 Å². The van der Waals surface area contributed by atoms with Crippen LogP contribution >= 0.6 is 0 Å². The molecule has 78 valence electrons. The molecular formula is C10H16N2O2. The molecule has 0 bridgehead atoms. The van der Waals surface area contributed by atoms with E-state index in [0.717, 1.165) is 42.9 Å². The third-order valence-electron chi connectivity index (χ3n) is 2.63. The van der Waals surface area contributed by atoms with E-state index < -0.39 is 0 Å². The van der Waals surface area contributed by atoms with Gasteiger partial charge in [-0.05, 0) is 32.7 Å². The smallest absolute Gasteiger partial charge is 0.168 e. The molecule has 14 heavy (non-hydrogen) atoms. The van der Waals surface area contributed by atoms with Gasteiger partial charge in [-0.1, -0.05) is 5.16 Å². The summed E-state index contributed by atoms with van der Waals surface area (Å²) in [4.78, 5) is 0. The van der Waals surface area contributed by atoms with Crippen LogP contribution in [0.3, 0.4) is 0 Å². The van der Waals surface area contributed by atoms with E-state index in [2.05, 4.69) is 5.16 Å².